The molecule has 18 heavy (non-hydrogen) atoms. The Hall–Kier alpha value is -1.32. The Morgan fingerprint density at radius 1 is 0.944 bits per heavy atom. The zero-order chi connectivity index (χ0) is 12.8. The fourth-order valence-electron chi connectivity index (χ4n) is 1.58. The maximum atomic E-state index is 5.75. The second kappa shape index (κ2) is 6.57. The average Bonchev–Trinajstić information content (AvgIpc) is 2.41. The summed E-state index contributed by atoms with van der Waals surface area (Å²) in [4.78, 5) is 0. The summed E-state index contributed by atoms with van der Waals surface area (Å²) >= 11 is 3.40. The van der Waals surface area contributed by atoms with Gasteiger partial charge in [0.2, 0.25) is 0 Å². The van der Waals surface area contributed by atoms with Crippen LogP contribution in [0.5, 0.6) is 11.5 Å². The number of ether oxygens (including phenoxy) is 1. The van der Waals surface area contributed by atoms with Gasteiger partial charge in [0.1, 0.15) is 11.5 Å². The number of hydrogen-bond acceptors (Lipinski definition) is 2. The van der Waals surface area contributed by atoms with E-state index in [9.17, 15) is 0 Å². The molecule has 0 spiro atoms. The number of benzene rings is 2. The zero-order valence-electron chi connectivity index (χ0n) is 10.3. The number of hydrogen-bond donors (Lipinski definition) is 1. The molecule has 0 aliphatic carbocycles. The molecule has 0 heterocycles. The van der Waals surface area contributed by atoms with Crippen molar-refractivity contribution in [2.45, 2.75) is 13.5 Å². The van der Waals surface area contributed by atoms with Gasteiger partial charge in [-0.1, -0.05) is 35.0 Å². The second-order valence-electron chi connectivity index (χ2n) is 3.98. The monoisotopic (exact) mass is 305 g/mol. The molecule has 2 aromatic carbocycles. The van der Waals surface area contributed by atoms with E-state index in [0.29, 0.717) is 0 Å². The highest BCUT2D eigenvalue weighted by molar-refractivity contribution is 9.10. The first kappa shape index (κ1) is 13.1. The maximum Gasteiger partial charge on any atom is 0.127 e. The van der Waals surface area contributed by atoms with Crippen molar-refractivity contribution in [2.24, 2.45) is 0 Å². The van der Waals surface area contributed by atoms with Crippen molar-refractivity contribution in [3.8, 4) is 11.5 Å². The van der Waals surface area contributed by atoms with E-state index in [1.807, 2.05) is 36.4 Å². The van der Waals surface area contributed by atoms with Crippen molar-refractivity contribution in [2.75, 3.05) is 6.54 Å². The van der Waals surface area contributed by atoms with E-state index < -0.39 is 0 Å². The molecule has 0 atom stereocenters. The molecule has 0 saturated heterocycles. The van der Waals surface area contributed by atoms with Gasteiger partial charge in [0.05, 0.1) is 0 Å². The van der Waals surface area contributed by atoms with Crippen molar-refractivity contribution in [3.05, 3.63) is 58.6 Å². The van der Waals surface area contributed by atoms with E-state index in [1.165, 1.54) is 5.56 Å². The summed E-state index contributed by atoms with van der Waals surface area (Å²) in [6.07, 6.45) is 0. The minimum absolute atomic E-state index is 0.845. The minimum atomic E-state index is 0.845. The first-order chi connectivity index (χ1) is 8.78. The van der Waals surface area contributed by atoms with Crippen LogP contribution in [0.3, 0.4) is 0 Å². The van der Waals surface area contributed by atoms with Crippen molar-refractivity contribution in [1.29, 1.82) is 0 Å². The van der Waals surface area contributed by atoms with Gasteiger partial charge in [0, 0.05) is 11.0 Å². The van der Waals surface area contributed by atoms with Crippen molar-refractivity contribution in [3.63, 3.8) is 0 Å². The quantitative estimate of drug-likeness (QED) is 0.886. The fourth-order valence-corrected chi connectivity index (χ4v) is 1.85. The van der Waals surface area contributed by atoms with Crippen molar-refractivity contribution < 1.29 is 4.74 Å². The van der Waals surface area contributed by atoms with E-state index in [4.69, 9.17) is 4.74 Å². The Labute approximate surface area is 116 Å². The van der Waals surface area contributed by atoms with Crippen LogP contribution in [-0.2, 0) is 6.54 Å². The van der Waals surface area contributed by atoms with E-state index >= 15 is 0 Å². The third-order valence-electron chi connectivity index (χ3n) is 2.55. The Balaban J connectivity index is 1.99. The maximum absolute atomic E-state index is 5.75. The second-order valence-corrected chi connectivity index (χ2v) is 4.90. The van der Waals surface area contributed by atoms with Gasteiger partial charge in [0.15, 0.2) is 0 Å². The average molecular weight is 306 g/mol. The van der Waals surface area contributed by atoms with Gasteiger partial charge in [-0.3, -0.25) is 0 Å². The molecule has 0 aliphatic rings. The molecular formula is C15H16BrNO. The SMILES string of the molecule is CCNCc1ccc(Oc2ccc(Br)cc2)cc1. The molecule has 3 heteroatoms. The Morgan fingerprint density at radius 3 is 2.06 bits per heavy atom. The topological polar surface area (TPSA) is 21.3 Å². The lowest BCUT2D eigenvalue weighted by molar-refractivity contribution is 0.482. The number of rotatable bonds is 5. The first-order valence-corrected chi connectivity index (χ1v) is 6.80. The lowest BCUT2D eigenvalue weighted by atomic mass is 10.2. The predicted molar refractivity (Wildman–Crippen MR) is 78.0 cm³/mol. The van der Waals surface area contributed by atoms with Crippen LogP contribution in [0.2, 0.25) is 0 Å². The summed E-state index contributed by atoms with van der Waals surface area (Å²) in [5.41, 5.74) is 1.26. The molecule has 0 amide bonds. The summed E-state index contributed by atoms with van der Waals surface area (Å²) in [7, 11) is 0. The van der Waals surface area contributed by atoms with Crippen LogP contribution in [0.15, 0.2) is 53.0 Å². The number of nitrogens with one attached hydrogen (secondary N) is 1. The van der Waals surface area contributed by atoms with E-state index in [0.717, 1.165) is 29.1 Å². The molecule has 2 nitrogen and oxygen atoms in total. The van der Waals surface area contributed by atoms with Gasteiger partial charge in [-0.15, -0.1) is 0 Å². The van der Waals surface area contributed by atoms with Gasteiger partial charge in [0.25, 0.3) is 0 Å². The molecule has 0 saturated carbocycles. The molecular weight excluding hydrogens is 290 g/mol. The smallest absolute Gasteiger partial charge is 0.127 e. The summed E-state index contributed by atoms with van der Waals surface area (Å²) in [6, 6.07) is 16.0. The van der Waals surface area contributed by atoms with E-state index in [2.05, 4.69) is 40.3 Å². The van der Waals surface area contributed by atoms with Crippen molar-refractivity contribution in [1.82, 2.24) is 5.32 Å². The lowest BCUT2D eigenvalue weighted by Gasteiger charge is -2.07. The Bertz CT molecular complexity index is 479. The highest BCUT2D eigenvalue weighted by Crippen LogP contribution is 2.23. The third-order valence-corrected chi connectivity index (χ3v) is 3.08. The number of halogens is 1. The minimum Gasteiger partial charge on any atom is -0.457 e. The van der Waals surface area contributed by atoms with Crippen LogP contribution in [0.25, 0.3) is 0 Å². The summed E-state index contributed by atoms with van der Waals surface area (Å²) in [5.74, 6) is 1.70. The van der Waals surface area contributed by atoms with Crippen LogP contribution in [0.1, 0.15) is 12.5 Å². The molecule has 0 fully saturated rings. The highest BCUT2D eigenvalue weighted by atomic mass is 79.9. The van der Waals surface area contributed by atoms with Gasteiger partial charge in [-0.05, 0) is 48.5 Å². The summed E-state index contributed by atoms with van der Waals surface area (Å²) in [6.45, 7) is 3.98. The zero-order valence-corrected chi connectivity index (χ0v) is 11.9. The standard InChI is InChI=1S/C15H16BrNO/c1-2-17-11-12-3-7-14(8-4-12)18-15-9-5-13(16)6-10-15/h3-10,17H,2,11H2,1H3. The Kier molecular flexibility index (Phi) is 4.79. The molecule has 2 rings (SSSR count). The lowest BCUT2D eigenvalue weighted by Crippen LogP contribution is -2.11. The van der Waals surface area contributed by atoms with Gasteiger partial charge in [-0.25, -0.2) is 0 Å². The predicted octanol–water partition coefficient (Wildman–Crippen LogP) is 4.35. The van der Waals surface area contributed by atoms with Crippen LogP contribution in [-0.4, -0.2) is 6.54 Å². The van der Waals surface area contributed by atoms with E-state index in [1.54, 1.807) is 0 Å². The first-order valence-electron chi connectivity index (χ1n) is 6.01. The normalized spacial score (nSPS) is 10.3. The molecule has 0 radical (unpaired) electrons. The molecule has 2 aromatic rings. The third kappa shape index (κ3) is 3.86. The van der Waals surface area contributed by atoms with Crippen LogP contribution in [0, 0.1) is 0 Å². The van der Waals surface area contributed by atoms with Gasteiger partial charge < -0.3 is 10.1 Å². The van der Waals surface area contributed by atoms with Gasteiger partial charge in [-0.2, -0.15) is 0 Å². The van der Waals surface area contributed by atoms with E-state index in [-0.39, 0.29) is 0 Å². The molecule has 0 bridgehead atoms. The summed E-state index contributed by atoms with van der Waals surface area (Å²) < 4.78 is 6.80. The fraction of sp³-hybridized carbons (Fsp3) is 0.200. The Morgan fingerprint density at radius 2 is 1.50 bits per heavy atom. The molecule has 0 aromatic heterocycles. The molecule has 1 N–H and O–H groups in total. The highest BCUT2D eigenvalue weighted by Gasteiger charge is 1.98. The van der Waals surface area contributed by atoms with Crippen LogP contribution >= 0.6 is 15.9 Å². The van der Waals surface area contributed by atoms with Crippen molar-refractivity contribution >= 4 is 15.9 Å². The van der Waals surface area contributed by atoms with Gasteiger partial charge >= 0.3 is 0 Å². The molecule has 0 unspecified atom stereocenters. The summed E-state index contributed by atoms with van der Waals surface area (Å²) in [5, 5.41) is 3.29. The van der Waals surface area contributed by atoms with Crippen LogP contribution < -0.4 is 10.1 Å². The molecule has 94 valence electrons. The van der Waals surface area contributed by atoms with Crippen LogP contribution in [0.4, 0.5) is 0 Å². The molecule has 0 aliphatic heterocycles. The largest absolute Gasteiger partial charge is 0.457 e.